The van der Waals surface area contributed by atoms with Crippen LogP contribution in [0, 0.1) is 11.8 Å². The molecule has 17 heavy (non-hydrogen) atoms. The molecule has 1 atom stereocenters. The molecular weight excluding hydrogens is 276 g/mol. The third kappa shape index (κ3) is 3.23. The first-order valence-corrected chi connectivity index (χ1v) is 7.12. The van der Waals surface area contributed by atoms with Crippen molar-refractivity contribution in [3.05, 3.63) is 28.2 Å². The highest BCUT2D eigenvalue weighted by molar-refractivity contribution is 9.10. The molecule has 3 heteroatoms. The Hall–Kier alpha value is -0.540. The predicted octanol–water partition coefficient (Wildman–Crippen LogP) is 3.51. The van der Waals surface area contributed by atoms with Crippen molar-refractivity contribution in [2.75, 3.05) is 18.8 Å². The molecule has 1 fully saturated rings. The van der Waals surface area contributed by atoms with E-state index in [9.17, 15) is 0 Å². The van der Waals surface area contributed by atoms with E-state index in [1.165, 1.54) is 25.1 Å². The van der Waals surface area contributed by atoms with Gasteiger partial charge >= 0.3 is 0 Å². The number of benzene rings is 1. The van der Waals surface area contributed by atoms with Crippen LogP contribution in [0.15, 0.2) is 22.7 Å². The Morgan fingerprint density at radius 2 is 2.24 bits per heavy atom. The predicted molar refractivity (Wildman–Crippen MR) is 76.8 cm³/mol. The molecule has 94 valence electrons. The van der Waals surface area contributed by atoms with Gasteiger partial charge in [0.2, 0.25) is 0 Å². The van der Waals surface area contributed by atoms with Crippen molar-refractivity contribution in [1.82, 2.24) is 4.90 Å². The molecular formula is C14H21BrN2. The summed E-state index contributed by atoms with van der Waals surface area (Å²) in [7, 11) is 0. The summed E-state index contributed by atoms with van der Waals surface area (Å²) in [6.07, 6.45) is 1.33. The van der Waals surface area contributed by atoms with E-state index >= 15 is 0 Å². The molecule has 0 aliphatic carbocycles. The van der Waals surface area contributed by atoms with E-state index in [0.717, 1.165) is 28.5 Å². The summed E-state index contributed by atoms with van der Waals surface area (Å²) in [6.45, 7) is 8.05. The third-order valence-electron chi connectivity index (χ3n) is 3.75. The molecule has 0 aromatic heterocycles. The molecule has 1 saturated heterocycles. The number of nitrogens with two attached hydrogens (primary N) is 1. The average molecular weight is 297 g/mol. The fraction of sp³-hybridized carbons (Fsp3) is 0.571. The van der Waals surface area contributed by atoms with Crippen LogP contribution in [0.4, 0.5) is 5.69 Å². The lowest BCUT2D eigenvalue weighted by Crippen LogP contribution is -2.22. The van der Waals surface area contributed by atoms with Gasteiger partial charge in [0.05, 0.1) is 0 Å². The van der Waals surface area contributed by atoms with Crippen molar-refractivity contribution in [3.63, 3.8) is 0 Å². The van der Waals surface area contributed by atoms with E-state index < -0.39 is 0 Å². The first-order chi connectivity index (χ1) is 8.06. The Bertz CT molecular complexity index is 390. The molecule has 2 rings (SSSR count). The molecule has 0 saturated carbocycles. The summed E-state index contributed by atoms with van der Waals surface area (Å²) in [5.74, 6) is 1.65. The monoisotopic (exact) mass is 296 g/mol. The zero-order chi connectivity index (χ0) is 12.4. The van der Waals surface area contributed by atoms with Crippen LogP contribution in [-0.4, -0.2) is 18.0 Å². The summed E-state index contributed by atoms with van der Waals surface area (Å²) < 4.78 is 1.06. The Kier molecular flexibility index (Phi) is 4.10. The second kappa shape index (κ2) is 5.40. The highest BCUT2D eigenvalue weighted by Gasteiger charge is 2.24. The Morgan fingerprint density at radius 1 is 1.47 bits per heavy atom. The molecule has 0 radical (unpaired) electrons. The maximum atomic E-state index is 6.04. The van der Waals surface area contributed by atoms with Crippen LogP contribution in [0.25, 0.3) is 0 Å². The molecule has 0 spiro atoms. The van der Waals surface area contributed by atoms with Crippen LogP contribution in [-0.2, 0) is 6.54 Å². The van der Waals surface area contributed by atoms with Crippen LogP contribution >= 0.6 is 15.9 Å². The van der Waals surface area contributed by atoms with Gasteiger partial charge in [0, 0.05) is 23.2 Å². The molecule has 1 aliphatic rings. The van der Waals surface area contributed by atoms with Crippen molar-refractivity contribution < 1.29 is 0 Å². The molecule has 0 amide bonds. The third-order valence-corrected chi connectivity index (χ3v) is 4.25. The fourth-order valence-electron chi connectivity index (χ4n) is 2.50. The van der Waals surface area contributed by atoms with Gasteiger partial charge in [0.25, 0.3) is 0 Å². The lowest BCUT2D eigenvalue weighted by molar-refractivity contribution is 0.297. The Morgan fingerprint density at radius 3 is 2.82 bits per heavy atom. The SMILES string of the molecule is CC(C)C1CCN(Cc2ccc(Br)cc2N)C1. The summed E-state index contributed by atoms with van der Waals surface area (Å²) >= 11 is 3.44. The summed E-state index contributed by atoms with van der Waals surface area (Å²) in [5.41, 5.74) is 8.18. The van der Waals surface area contributed by atoms with Gasteiger partial charge in [-0.15, -0.1) is 0 Å². The number of nitrogens with zero attached hydrogens (tertiary/aromatic N) is 1. The van der Waals surface area contributed by atoms with Crippen LogP contribution in [0.1, 0.15) is 25.8 Å². The van der Waals surface area contributed by atoms with E-state index in [1.54, 1.807) is 0 Å². The molecule has 2 N–H and O–H groups in total. The van der Waals surface area contributed by atoms with Crippen molar-refractivity contribution in [3.8, 4) is 0 Å². The molecule has 1 heterocycles. The van der Waals surface area contributed by atoms with Crippen molar-refractivity contribution in [1.29, 1.82) is 0 Å². The van der Waals surface area contributed by atoms with E-state index in [-0.39, 0.29) is 0 Å². The lowest BCUT2D eigenvalue weighted by atomic mass is 9.95. The maximum absolute atomic E-state index is 6.04. The van der Waals surface area contributed by atoms with Crippen LogP contribution in [0.3, 0.4) is 0 Å². The van der Waals surface area contributed by atoms with Crippen LogP contribution < -0.4 is 5.73 Å². The minimum Gasteiger partial charge on any atom is -0.398 e. The average Bonchev–Trinajstić information content (AvgIpc) is 2.71. The number of rotatable bonds is 3. The van der Waals surface area contributed by atoms with Gasteiger partial charge in [0.15, 0.2) is 0 Å². The highest BCUT2D eigenvalue weighted by Crippen LogP contribution is 2.26. The van der Waals surface area contributed by atoms with Crippen LogP contribution in [0.2, 0.25) is 0 Å². The van der Waals surface area contributed by atoms with E-state index in [4.69, 9.17) is 5.73 Å². The number of nitrogen functional groups attached to an aromatic ring is 1. The van der Waals surface area contributed by atoms with Crippen LogP contribution in [0.5, 0.6) is 0 Å². The van der Waals surface area contributed by atoms with Gasteiger partial charge in [-0.3, -0.25) is 4.90 Å². The Balaban J connectivity index is 1.98. The molecule has 1 unspecified atom stereocenters. The summed E-state index contributed by atoms with van der Waals surface area (Å²) in [6, 6.07) is 6.19. The molecule has 0 bridgehead atoms. The largest absolute Gasteiger partial charge is 0.398 e. The van der Waals surface area contributed by atoms with Gasteiger partial charge in [0.1, 0.15) is 0 Å². The summed E-state index contributed by atoms with van der Waals surface area (Å²) in [5, 5.41) is 0. The Labute approximate surface area is 112 Å². The van der Waals surface area contributed by atoms with Crippen molar-refractivity contribution in [2.45, 2.75) is 26.8 Å². The molecule has 1 aromatic carbocycles. The minimum atomic E-state index is 0.794. The van der Waals surface area contributed by atoms with E-state index in [2.05, 4.69) is 46.8 Å². The quantitative estimate of drug-likeness (QED) is 0.865. The molecule has 1 aliphatic heterocycles. The molecule has 2 nitrogen and oxygen atoms in total. The minimum absolute atomic E-state index is 0.794. The van der Waals surface area contributed by atoms with Gasteiger partial charge in [-0.1, -0.05) is 35.8 Å². The number of hydrogen-bond donors (Lipinski definition) is 1. The second-order valence-corrected chi connectivity index (χ2v) is 6.29. The highest BCUT2D eigenvalue weighted by atomic mass is 79.9. The number of anilines is 1. The summed E-state index contributed by atoms with van der Waals surface area (Å²) in [4.78, 5) is 2.52. The van der Waals surface area contributed by atoms with Gasteiger partial charge in [-0.2, -0.15) is 0 Å². The maximum Gasteiger partial charge on any atom is 0.0371 e. The molecule has 1 aromatic rings. The number of halogens is 1. The van der Waals surface area contributed by atoms with Crippen molar-refractivity contribution >= 4 is 21.6 Å². The van der Waals surface area contributed by atoms with Gasteiger partial charge in [-0.05, 0) is 42.5 Å². The van der Waals surface area contributed by atoms with Crippen molar-refractivity contribution in [2.24, 2.45) is 11.8 Å². The topological polar surface area (TPSA) is 29.3 Å². The van der Waals surface area contributed by atoms with E-state index in [1.807, 2.05) is 6.07 Å². The smallest absolute Gasteiger partial charge is 0.0371 e. The van der Waals surface area contributed by atoms with E-state index in [0.29, 0.717) is 0 Å². The first kappa shape index (κ1) is 12.9. The zero-order valence-electron chi connectivity index (χ0n) is 10.6. The number of likely N-dealkylation sites (tertiary alicyclic amines) is 1. The van der Waals surface area contributed by atoms with Gasteiger partial charge in [-0.25, -0.2) is 0 Å². The fourth-order valence-corrected chi connectivity index (χ4v) is 2.88. The van der Waals surface area contributed by atoms with Gasteiger partial charge < -0.3 is 5.73 Å². The lowest BCUT2D eigenvalue weighted by Gasteiger charge is -2.18. The first-order valence-electron chi connectivity index (χ1n) is 6.32. The standard InChI is InChI=1S/C14H21BrN2/c1-10(2)11-5-6-17(8-11)9-12-3-4-13(15)7-14(12)16/h3-4,7,10-11H,5-6,8-9,16H2,1-2H3. The zero-order valence-corrected chi connectivity index (χ0v) is 12.2. The normalized spacial score (nSPS) is 21.3. The number of hydrogen-bond acceptors (Lipinski definition) is 2. The second-order valence-electron chi connectivity index (χ2n) is 5.37.